The first-order valence-electron chi connectivity index (χ1n) is 10.4. The van der Waals surface area contributed by atoms with Gasteiger partial charge in [-0.15, -0.1) is 0 Å². The fourth-order valence-corrected chi connectivity index (χ4v) is 3.88. The highest BCUT2D eigenvalue weighted by Gasteiger charge is 2.53. The van der Waals surface area contributed by atoms with E-state index in [-0.39, 0.29) is 17.1 Å². The van der Waals surface area contributed by atoms with Gasteiger partial charge < -0.3 is 14.8 Å². The van der Waals surface area contributed by atoms with Crippen molar-refractivity contribution in [2.75, 3.05) is 11.5 Å². The van der Waals surface area contributed by atoms with Crippen LogP contribution in [0.25, 0.3) is 0 Å². The van der Waals surface area contributed by atoms with E-state index in [9.17, 15) is 9.59 Å². The van der Waals surface area contributed by atoms with Gasteiger partial charge in [0.25, 0.3) is 5.91 Å². The van der Waals surface area contributed by atoms with Gasteiger partial charge in [0.1, 0.15) is 17.5 Å². The van der Waals surface area contributed by atoms with Crippen LogP contribution in [0.15, 0.2) is 24.5 Å². The molecule has 1 saturated carbocycles. The van der Waals surface area contributed by atoms with Crippen LogP contribution < -0.4 is 19.7 Å². The number of hydrogen-bond donors (Lipinski definition) is 1. The molecule has 2 fully saturated rings. The number of nitrogens with zero attached hydrogens (tertiary/aromatic N) is 3. The van der Waals surface area contributed by atoms with E-state index in [1.54, 1.807) is 0 Å². The average Bonchev–Trinajstić information content (AvgIpc) is 3.35. The number of fused-ring (bicyclic) bond motifs is 2. The molecule has 1 N–H and O–H groups in total. The molecular formula is C22H26N4O4. The predicted octanol–water partition coefficient (Wildman–Crippen LogP) is 3.86. The van der Waals surface area contributed by atoms with Crippen molar-refractivity contribution in [2.45, 2.75) is 58.4 Å². The van der Waals surface area contributed by atoms with Gasteiger partial charge in [0.2, 0.25) is 5.88 Å². The predicted molar refractivity (Wildman–Crippen MR) is 111 cm³/mol. The second-order valence-corrected chi connectivity index (χ2v) is 7.55. The summed E-state index contributed by atoms with van der Waals surface area (Å²) in [7, 11) is 0. The second kappa shape index (κ2) is 7.59. The summed E-state index contributed by atoms with van der Waals surface area (Å²) in [5.74, 6) is 1.79. The number of urea groups is 1. The van der Waals surface area contributed by atoms with Crippen LogP contribution in [0.3, 0.4) is 0 Å². The van der Waals surface area contributed by atoms with Crippen LogP contribution in [0, 0.1) is 6.92 Å². The lowest BCUT2D eigenvalue weighted by Gasteiger charge is -2.14. The molecule has 3 aliphatic rings. The van der Waals surface area contributed by atoms with Crippen LogP contribution in [0.2, 0.25) is 0 Å². The number of carbonyl (C=O) groups is 2. The van der Waals surface area contributed by atoms with Crippen molar-refractivity contribution in [2.24, 2.45) is 0 Å². The Bertz CT molecular complexity index is 985. The zero-order chi connectivity index (χ0) is 21.5. The number of nitrogens with one attached hydrogen (secondary N) is 1. The molecule has 3 heterocycles. The summed E-state index contributed by atoms with van der Waals surface area (Å²) in [5, 5.41) is 2.63. The smallest absolute Gasteiger partial charge is 0.330 e. The van der Waals surface area contributed by atoms with Crippen LogP contribution in [0.4, 0.5) is 10.6 Å². The Morgan fingerprint density at radius 3 is 2.60 bits per heavy atom. The third-order valence-electron chi connectivity index (χ3n) is 5.68. The molecule has 1 atom stereocenters. The number of rotatable bonds is 4. The van der Waals surface area contributed by atoms with Crippen LogP contribution in [-0.2, 0) is 10.2 Å². The third kappa shape index (κ3) is 3.16. The highest BCUT2D eigenvalue weighted by Crippen LogP contribution is 2.59. The quantitative estimate of drug-likeness (QED) is 0.769. The van der Waals surface area contributed by atoms with Gasteiger partial charge in [-0.25, -0.2) is 19.7 Å². The van der Waals surface area contributed by atoms with E-state index in [0.29, 0.717) is 18.9 Å². The van der Waals surface area contributed by atoms with Gasteiger partial charge >= 0.3 is 6.03 Å². The molecule has 2 aliphatic heterocycles. The molecule has 0 unspecified atom stereocenters. The number of ether oxygens (including phenoxy) is 2. The summed E-state index contributed by atoms with van der Waals surface area (Å²) < 4.78 is 11.9. The Hall–Kier alpha value is -3.16. The number of carbonyl (C=O) groups excluding carboxylic acids is 2. The summed E-state index contributed by atoms with van der Waals surface area (Å²) in [4.78, 5) is 33.8. The van der Waals surface area contributed by atoms with E-state index in [0.717, 1.165) is 40.4 Å². The molecule has 1 aromatic heterocycles. The van der Waals surface area contributed by atoms with Gasteiger partial charge in [0.05, 0.1) is 19.0 Å². The first-order chi connectivity index (χ1) is 14.5. The molecule has 2 aromatic rings. The van der Waals surface area contributed by atoms with E-state index < -0.39 is 12.1 Å². The number of anilines is 1. The van der Waals surface area contributed by atoms with Crippen molar-refractivity contribution in [1.29, 1.82) is 0 Å². The molecule has 30 heavy (non-hydrogen) atoms. The summed E-state index contributed by atoms with van der Waals surface area (Å²) in [6.07, 6.45) is 5.52. The molecule has 8 nitrogen and oxygen atoms in total. The first-order valence-corrected chi connectivity index (χ1v) is 10.4. The highest BCUT2D eigenvalue weighted by atomic mass is 16.5. The molecule has 158 valence electrons. The zero-order valence-electron chi connectivity index (χ0n) is 17.7. The number of aryl methyl sites for hydroxylation is 1. The Labute approximate surface area is 175 Å². The van der Waals surface area contributed by atoms with E-state index in [1.807, 2.05) is 39.8 Å². The molecule has 5 rings (SSSR count). The second-order valence-electron chi connectivity index (χ2n) is 7.55. The lowest BCUT2D eigenvalue weighted by atomic mass is 9.95. The normalized spacial score (nSPS) is 20.3. The van der Waals surface area contributed by atoms with Gasteiger partial charge in [-0.3, -0.25) is 4.79 Å². The minimum atomic E-state index is -0.518. The first kappa shape index (κ1) is 20.1. The van der Waals surface area contributed by atoms with Gasteiger partial charge in [-0.1, -0.05) is 26.8 Å². The van der Waals surface area contributed by atoms with Crippen molar-refractivity contribution < 1.29 is 19.1 Å². The molecule has 0 radical (unpaired) electrons. The van der Waals surface area contributed by atoms with E-state index in [1.165, 1.54) is 12.4 Å². The Morgan fingerprint density at radius 1 is 1.23 bits per heavy atom. The molecule has 3 amide bonds. The molecule has 1 spiro atoms. The van der Waals surface area contributed by atoms with Gasteiger partial charge in [-0.05, 0) is 37.8 Å². The van der Waals surface area contributed by atoms with Crippen LogP contribution in [0.5, 0.6) is 17.4 Å². The van der Waals surface area contributed by atoms with Crippen molar-refractivity contribution in [3.05, 3.63) is 35.7 Å². The molecule has 1 saturated heterocycles. The number of amides is 3. The van der Waals surface area contributed by atoms with Crippen molar-refractivity contribution in [1.82, 2.24) is 15.3 Å². The molecule has 0 bridgehead atoms. The van der Waals surface area contributed by atoms with Crippen LogP contribution in [-0.4, -0.2) is 34.6 Å². The van der Waals surface area contributed by atoms with Crippen molar-refractivity contribution >= 4 is 17.8 Å². The maximum absolute atomic E-state index is 12.3. The van der Waals surface area contributed by atoms with Gasteiger partial charge in [0, 0.05) is 11.0 Å². The molecule has 1 aliphatic carbocycles. The van der Waals surface area contributed by atoms with E-state index in [4.69, 9.17) is 9.47 Å². The number of aromatic nitrogens is 2. The number of imide groups is 1. The van der Waals surface area contributed by atoms with Crippen molar-refractivity contribution in [3.63, 3.8) is 0 Å². The number of benzene rings is 1. The Kier molecular flexibility index (Phi) is 5.09. The summed E-state index contributed by atoms with van der Waals surface area (Å²) in [6, 6.07) is 2.90. The summed E-state index contributed by atoms with van der Waals surface area (Å²) in [5.41, 5.74) is 2.27. The third-order valence-corrected chi connectivity index (χ3v) is 5.68. The highest BCUT2D eigenvalue weighted by molar-refractivity contribution is 6.20. The summed E-state index contributed by atoms with van der Waals surface area (Å²) >= 11 is 0. The van der Waals surface area contributed by atoms with Crippen LogP contribution in [0.1, 0.15) is 51.2 Å². The molecule has 8 heteroatoms. The number of hydrogen-bond acceptors (Lipinski definition) is 6. The van der Waals surface area contributed by atoms with E-state index >= 15 is 0 Å². The van der Waals surface area contributed by atoms with Crippen LogP contribution >= 0.6 is 0 Å². The maximum Gasteiger partial charge on any atom is 0.330 e. The fourth-order valence-electron chi connectivity index (χ4n) is 3.88. The lowest BCUT2D eigenvalue weighted by Crippen LogP contribution is -2.32. The van der Waals surface area contributed by atoms with Gasteiger partial charge in [-0.2, -0.15) is 0 Å². The lowest BCUT2D eigenvalue weighted by molar-refractivity contribution is -0.118. The Balaban J connectivity index is 0.00000106. The molecular weight excluding hydrogens is 384 g/mol. The standard InChI is InChI=1S/C20H20N4O4.C2H6/c1-3-12-18(25)24(19(26)23-12)14-8-22-15(9-21-14)28-13-5-4-11(2)17-16(13)20(6-7-20)10-27-17;1-2/h4-5,8-9,12H,3,6-7,10H2,1-2H3,(H,23,26);1-2H3/t12-;/m1./s1. The largest absolute Gasteiger partial charge is 0.492 e. The maximum atomic E-state index is 12.3. The van der Waals surface area contributed by atoms with E-state index in [2.05, 4.69) is 15.3 Å². The SMILES string of the molecule is CC.CC[C@H]1NC(=O)N(c2cnc(Oc3ccc(C)c4c3C3(CC3)CO4)cn2)C1=O. The minimum Gasteiger partial charge on any atom is -0.492 e. The summed E-state index contributed by atoms with van der Waals surface area (Å²) in [6.45, 7) is 8.56. The monoisotopic (exact) mass is 410 g/mol. The Morgan fingerprint density at radius 2 is 2.00 bits per heavy atom. The molecule has 1 aromatic carbocycles. The average molecular weight is 410 g/mol. The fraction of sp³-hybridized carbons (Fsp3) is 0.455. The van der Waals surface area contributed by atoms with Gasteiger partial charge in [0.15, 0.2) is 5.82 Å². The topological polar surface area (TPSA) is 93.7 Å². The minimum absolute atomic E-state index is 0.0687. The van der Waals surface area contributed by atoms with Crippen molar-refractivity contribution in [3.8, 4) is 17.4 Å². The zero-order valence-corrected chi connectivity index (χ0v) is 17.7.